The van der Waals surface area contributed by atoms with Gasteiger partial charge in [0, 0.05) is 21.5 Å². The first-order valence-electron chi connectivity index (χ1n) is 7.43. The first-order chi connectivity index (χ1) is 11.4. The van der Waals surface area contributed by atoms with Gasteiger partial charge >= 0.3 is 0 Å². The van der Waals surface area contributed by atoms with Gasteiger partial charge in [-0.1, -0.05) is 31.2 Å². The topological polar surface area (TPSA) is 63.2 Å². The third-order valence-electron chi connectivity index (χ3n) is 3.30. The Morgan fingerprint density at radius 2 is 1.79 bits per heavy atom. The summed E-state index contributed by atoms with van der Waals surface area (Å²) >= 11 is 5.04. The molecule has 0 saturated carbocycles. The average molecular weight is 428 g/mol. The van der Waals surface area contributed by atoms with Crippen molar-refractivity contribution in [3.05, 3.63) is 53.0 Å². The van der Waals surface area contributed by atoms with E-state index in [1.807, 2.05) is 24.3 Å². The number of nitrogens with one attached hydrogen (secondary N) is 1. The van der Waals surface area contributed by atoms with Gasteiger partial charge in [0.15, 0.2) is 9.84 Å². The van der Waals surface area contributed by atoms with E-state index in [1.54, 1.807) is 36.9 Å². The summed E-state index contributed by atoms with van der Waals surface area (Å²) < 4.78 is 25.2. The number of benzene rings is 2. The van der Waals surface area contributed by atoms with Gasteiger partial charge in [-0.2, -0.15) is 0 Å². The van der Waals surface area contributed by atoms with Crippen LogP contribution in [0.25, 0.3) is 0 Å². The van der Waals surface area contributed by atoms with Gasteiger partial charge in [0.25, 0.3) is 0 Å². The van der Waals surface area contributed by atoms with E-state index >= 15 is 0 Å². The Kier molecular flexibility index (Phi) is 6.89. The number of anilines is 1. The molecule has 2 rings (SSSR count). The van der Waals surface area contributed by atoms with Crippen LogP contribution in [0.4, 0.5) is 5.69 Å². The molecule has 0 radical (unpaired) electrons. The maximum atomic E-state index is 12.1. The quantitative estimate of drug-likeness (QED) is 0.666. The van der Waals surface area contributed by atoms with E-state index < -0.39 is 9.84 Å². The molecule has 1 N–H and O–H groups in total. The van der Waals surface area contributed by atoms with E-state index in [4.69, 9.17) is 0 Å². The molecule has 2 aromatic rings. The molecule has 0 atom stereocenters. The number of amides is 1. The molecule has 24 heavy (non-hydrogen) atoms. The summed E-state index contributed by atoms with van der Waals surface area (Å²) in [6.45, 7) is 1.59. The van der Waals surface area contributed by atoms with Gasteiger partial charge in [0.2, 0.25) is 5.91 Å². The van der Waals surface area contributed by atoms with Crippen LogP contribution in [0.2, 0.25) is 0 Å². The van der Waals surface area contributed by atoms with E-state index in [2.05, 4.69) is 21.2 Å². The average Bonchev–Trinajstić information content (AvgIpc) is 2.57. The zero-order chi connectivity index (χ0) is 17.6. The number of sulfone groups is 1. The maximum Gasteiger partial charge on any atom is 0.225 e. The number of para-hydroxylation sites is 1. The van der Waals surface area contributed by atoms with Crippen molar-refractivity contribution in [2.45, 2.75) is 23.1 Å². The highest BCUT2D eigenvalue weighted by molar-refractivity contribution is 9.10. The third kappa shape index (κ3) is 5.09. The second kappa shape index (κ2) is 8.69. The van der Waals surface area contributed by atoms with E-state index in [0.29, 0.717) is 17.9 Å². The molecule has 0 unspecified atom stereocenters. The van der Waals surface area contributed by atoms with Gasteiger partial charge in [-0.3, -0.25) is 4.79 Å². The van der Waals surface area contributed by atoms with Gasteiger partial charge in [0.1, 0.15) is 0 Å². The van der Waals surface area contributed by atoms with Gasteiger partial charge < -0.3 is 5.32 Å². The number of hydrogen-bond donors (Lipinski definition) is 1. The summed E-state index contributed by atoms with van der Waals surface area (Å²) in [6.07, 6.45) is 0.298. The summed E-state index contributed by atoms with van der Waals surface area (Å²) in [4.78, 5) is 13.4. The molecule has 0 saturated heterocycles. The number of thioether (sulfide) groups is 1. The van der Waals surface area contributed by atoms with Gasteiger partial charge in [-0.25, -0.2) is 8.42 Å². The highest BCUT2D eigenvalue weighted by atomic mass is 79.9. The molecule has 0 aromatic heterocycles. The SMILES string of the molecule is CCS(=O)(=O)c1ccccc1NC(=O)CCSc1ccccc1Br. The molecule has 2 aromatic carbocycles. The van der Waals surface area contributed by atoms with E-state index in [9.17, 15) is 13.2 Å². The van der Waals surface area contributed by atoms with Crippen molar-refractivity contribution in [2.75, 3.05) is 16.8 Å². The lowest BCUT2D eigenvalue weighted by molar-refractivity contribution is -0.115. The van der Waals surface area contributed by atoms with Crippen LogP contribution in [0.5, 0.6) is 0 Å². The largest absolute Gasteiger partial charge is 0.325 e. The van der Waals surface area contributed by atoms with Crippen molar-refractivity contribution in [1.29, 1.82) is 0 Å². The van der Waals surface area contributed by atoms with E-state index in [1.165, 1.54) is 6.07 Å². The maximum absolute atomic E-state index is 12.1. The molecule has 128 valence electrons. The van der Waals surface area contributed by atoms with Crippen molar-refractivity contribution in [3.63, 3.8) is 0 Å². The summed E-state index contributed by atoms with van der Waals surface area (Å²) in [5, 5.41) is 2.71. The van der Waals surface area contributed by atoms with Crippen molar-refractivity contribution >= 4 is 49.1 Å². The molecule has 7 heteroatoms. The van der Waals surface area contributed by atoms with Crippen LogP contribution in [-0.2, 0) is 14.6 Å². The first kappa shape index (κ1) is 19.0. The van der Waals surface area contributed by atoms with Crippen LogP contribution in [0.3, 0.4) is 0 Å². The lowest BCUT2D eigenvalue weighted by atomic mass is 10.3. The van der Waals surface area contributed by atoms with Gasteiger partial charge in [-0.05, 0) is 40.2 Å². The minimum Gasteiger partial charge on any atom is -0.325 e. The Balaban J connectivity index is 1.97. The molecular formula is C17H18BrNO3S2. The van der Waals surface area contributed by atoms with Crippen LogP contribution in [0.15, 0.2) is 62.8 Å². The molecule has 0 aliphatic heterocycles. The fourth-order valence-corrected chi connectivity index (χ4v) is 4.59. The zero-order valence-electron chi connectivity index (χ0n) is 13.2. The summed E-state index contributed by atoms with van der Waals surface area (Å²) in [5.41, 5.74) is 0.343. The minimum absolute atomic E-state index is 0.00221. The molecular weight excluding hydrogens is 410 g/mol. The molecule has 0 bridgehead atoms. The fraction of sp³-hybridized carbons (Fsp3) is 0.235. The van der Waals surface area contributed by atoms with Crippen molar-refractivity contribution in [3.8, 4) is 0 Å². The van der Waals surface area contributed by atoms with Crippen LogP contribution < -0.4 is 5.32 Å². The molecule has 0 aliphatic carbocycles. The first-order valence-corrected chi connectivity index (χ1v) is 10.9. The second-order valence-corrected chi connectivity index (χ2v) is 9.21. The lowest BCUT2D eigenvalue weighted by Gasteiger charge is -2.11. The predicted octanol–water partition coefficient (Wildman–Crippen LogP) is 4.36. The minimum atomic E-state index is -3.37. The normalized spacial score (nSPS) is 11.2. The molecule has 0 fully saturated rings. The van der Waals surface area contributed by atoms with E-state index in [0.717, 1.165) is 9.37 Å². The third-order valence-corrected chi connectivity index (χ3v) is 7.11. The van der Waals surface area contributed by atoms with Crippen molar-refractivity contribution in [2.24, 2.45) is 0 Å². The van der Waals surface area contributed by atoms with Crippen LogP contribution in [-0.4, -0.2) is 25.8 Å². The number of halogens is 1. The fourth-order valence-electron chi connectivity index (χ4n) is 2.02. The van der Waals surface area contributed by atoms with E-state index in [-0.39, 0.29) is 16.6 Å². The number of rotatable bonds is 7. The predicted molar refractivity (Wildman–Crippen MR) is 102 cm³/mol. The Labute approximate surface area is 155 Å². The molecule has 0 aliphatic rings. The molecule has 0 heterocycles. The highest BCUT2D eigenvalue weighted by Crippen LogP contribution is 2.28. The molecule has 0 spiro atoms. The molecule has 1 amide bonds. The lowest BCUT2D eigenvalue weighted by Crippen LogP contribution is -2.15. The van der Waals surface area contributed by atoms with Crippen LogP contribution in [0.1, 0.15) is 13.3 Å². The van der Waals surface area contributed by atoms with Crippen LogP contribution in [0, 0.1) is 0 Å². The number of carbonyl (C=O) groups is 1. The Morgan fingerprint density at radius 3 is 2.50 bits per heavy atom. The summed E-state index contributed by atoms with van der Waals surface area (Å²) in [5.74, 6) is 0.405. The van der Waals surface area contributed by atoms with Gasteiger partial charge in [0.05, 0.1) is 16.3 Å². The summed E-state index contributed by atoms with van der Waals surface area (Å²) in [7, 11) is -3.37. The van der Waals surface area contributed by atoms with Crippen molar-refractivity contribution in [1.82, 2.24) is 0 Å². The molecule has 4 nitrogen and oxygen atoms in total. The Hall–Kier alpha value is -1.31. The van der Waals surface area contributed by atoms with Crippen LogP contribution >= 0.6 is 27.7 Å². The zero-order valence-corrected chi connectivity index (χ0v) is 16.4. The standard InChI is InChI=1S/C17H18BrNO3S2/c1-2-24(21,22)16-10-6-4-8-14(16)19-17(20)11-12-23-15-9-5-3-7-13(15)18/h3-10H,2,11-12H2,1H3,(H,19,20). The number of carbonyl (C=O) groups excluding carboxylic acids is 1. The monoisotopic (exact) mass is 427 g/mol. The highest BCUT2D eigenvalue weighted by Gasteiger charge is 2.17. The Bertz CT molecular complexity index is 822. The Morgan fingerprint density at radius 1 is 1.12 bits per heavy atom. The van der Waals surface area contributed by atoms with Gasteiger partial charge in [-0.15, -0.1) is 11.8 Å². The second-order valence-electron chi connectivity index (χ2n) is 4.98. The smallest absolute Gasteiger partial charge is 0.225 e. The van der Waals surface area contributed by atoms with Crippen molar-refractivity contribution < 1.29 is 13.2 Å². The summed E-state index contributed by atoms with van der Waals surface area (Å²) in [6, 6.07) is 14.3. The number of hydrogen-bond acceptors (Lipinski definition) is 4.